The van der Waals surface area contributed by atoms with E-state index in [4.69, 9.17) is 0 Å². The SMILES string of the molecule is c1ccc2cc3c(ccc4[nH]c5ccc6c(ccc7[nH]c8ccc9cc%10ccccc%10cc9c8c76)c5c43)cc2c1. The molecular weight excluding hydrogens is 484 g/mol. The van der Waals surface area contributed by atoms with Gasteiger partial charge in [-0.3, -0.25) is 0 Å². The first kappa shape index (κ1) is 20.6. The van der Waals surface area contributed by atoms with E-state index in [-0.39, 0.29) is 0 Å². The Bertz CT molecular complexity index is 2510. The molecule has 0 fully saturated rings. The molecule has 2 aromatic heterocycles. The Hall–Kier alpha value is -5.34. The van der Waals surface area contributed by atoms with Gasteiger partial charge in [0.2, 0.25) is 0 Å². The van der Waals surface area contributed by atoms with E-state index in [0.717, 1.165) is 0 Å². The summed E-state index contributed by atoms with van der Waals surface area (Å²) in [5, 5.41) is 18.0. The van der Waals surface area contributed by atoms with Gasteiger partial charge in [0, 0.05) is 43.6 Å². The van der Waals surface area contributed by atoms with Crippen molar-refractivity contribution in [3.05, 3.63) is 121 Å². The van der Waals surface area contributed by atoms with E-state index < -0.39 is 0 Å². The molecule has 2 nitrogen and oxygen atoms in total. The highest BCUT2D eigenvalue weighted by atomic mass is 14.7. The van der Waals surface area contributed by atoms with Gasteiger partial charge in [0.05, 0.1) is 0 Å². The van der Waals surface area contributed by atoms with E-state index in [0.29, 0.717) is 0 Å². The standard InChI is InChI=1S/C38H22N2/c1-3-7-23-19-29-25(17-21(23)5-1)9-13-31-37(29)35-27-11-16-34-36(28(27)12-15-33(35)39-31)38-30-20-24-8-4-2-6-22(24)18-26(30)10-14-32(38)40-34/h1-20,39-40H. The van der Waals surface area contributed by atoms with Gasteiger partial charge in [0.15, 0.2) is 0 Å². The van der Waals surface area contributed by atoms with Crippen LogP contribution >= 0.6 is 0 Å². The average molecular weight is 507 g/mol. The summed E-state index contributed by atoms with van der Waals surface area (Å²) >= 11 is 0. The number of aromatic nitrogens is 2. The zero-order chi connectivity index (χ0) is 25.9. The van der Waals surface area contributed by atoms with Crippen LogP contribution in [0.1, 0.15) is 0 Å². The second-order valence-electron chi connectivity index (χ2n) is 11.1. The second kappa shape index (κ2) is 7.19. The zero-order valence-electron chi connectivity index (χ0n) is 21.5. The minimum atomic E-state index is 1.18. The van der Waals surface area contributed by atoms with Crippen LogP contribution < -0.4 is 0 Å². The lowest BCUT2D eigenvalue weighted by molar-refractivity contribution is 1.55. The van der Waals surface area contributed by atoms with Crippen LogP contribution in [0.2, 0.25) is 0 Å². The Kier molecular flexibility index (Phi) is 3.70. The molecule has 0 radical (unpaired) electrons. The molecule has 0 atom stereocenters. The van der Waals surface area contributed by atoms with Crippen LogP contribution in [-0.2, 0) is 0 Å². The van der Waals surface area contributed by atoms with Crippen molar-refractivity contribution in [2.45, 2.75) is 0 Å². The Labute approximate surface area is 228 Å². The molecule has 10 rings (SSSR count). The van der Waals surface area contributed by atoms with Crippen molar-refractivity contribution >= 4 is 97.5 Å². The molecule has 0 aliphatic heterocycles. The molecule has 0 bridgehead atoms. The van der Waals surface area contributed by atoms with Crippen LogP contribution in [0.25, 0.3) is 97.5 Å². The molecule has 0 spiro atoms. The average Bonchev–Trinajstić information content (AvgIpc) is 3.58. The molecule has 0 unspecified atom stereocenters. The quantitative estimate of drug-likeness (QED) is 0.192. The van der Waals surface area contributed by atoms with Crippen molar-refractivity contribution in [2.75, 3.05) is 0 Å². The van der Waals surface area contributed by atoms with E-state index in [9.17, 15) is 0 Å². The smallest absolute Gasteiger partial charge is 0.0471 e. The molecule has 0 aliphatic rings. The monoisotopic (exact) mass is 506 g/mol. The van der Waals surface area contributed by atoms with E-state index >= 15 is 0 Å². The van der Waals surface area contributed by atoms with Crippen LogP contribution in [0.3, 0.4) is 0 Å². The fourth-order valence-corrected chi connectivity index (χ4v) is 7.22. The van der Waals surface area contributed by atoms with E-state index in [1.54, 1.807) is 0 Å². The summed E-state index contributed by atoms with van der Waals surface area (Å²) in [5.41, 5.74) is 4.72. The lowest BCUT2D eigenvalue weighted by atomic mass is 9.94. The number of aromatic amines is 2. The maximum atomic E-state index is 3.73. The molecule has 0 saturated carbocycles. The normalized spacial score (nSPS) is 12.5. The van der Waals surface area contributed by atoms with E-state index in [1.807, 2.05) is 0 Å². The maximum Gasteiger partial charge on any atom is 0.0471 e. The minimum absolute atomic E-state index is 1.18. The summed E-state index contributed by atoms with van der Waals surface area (Å²) in [7, 11) is 0. The highest BCUT2D eigenvalue weighted by Gasteiger charge is 2.17. The summed E-state index contributed by atoms with van der Waals surface area (Å²) in [4.78, 5) is 7.46. The second-order valence-corrected chi connectivity index (χ2v) is 11.1. The largest absolute Gasteiger partial charge is 0.354 e. The summed E-state index contributed by atoms with van der Waals surface area (Å²) in [6.45, 7) is 0. The van der Waals surface area contributed by atoms with Crippen molar-refractivity contribution in [1.29, 1.82) is 0 Å². The lowest BCUT2D eigenvalue weighted by Crippen LogP contribution is -1.81. The Morgan fingerprint density at radius 3 is 1.05 bits per heavy atom. The number of rotatable bonds is 0. The number of H-pyrrole nitrogens is 2. The molecule has 2 heterocycles. The van der Waals surface area contributed by atoms with Crippen LogP contribution in [0.15, 0.2) is 121 Å². The number of benzene rings is 8. The lowest BCUT2D eigenvalue weighted by Gasteiger charge is -2.08. The van der Waals surface area contributed by atoms with Crippen LogP contribution in [0, 0.1) is 0 Å². The first-order chi connectivity index (χ1) is 19.8. The van der Waals surface area contributed by atoms with Crippen molar-refractivity contribution < 1.29 is 0 Å². The third kappa shape index (κ3) is 2.58. The van der Waals surface area contributed by atoms with Gasteiger partial charge in [-0.15, -0.1) is 0 Å². The van der Waals surface area contributed by atoms with E-state index in [2.05, 4.69) is 131 Å². The van der Waals surface area contributed by atoms with Gasteiger partial charge in [-0.1, -0.05) is 72.8 Å². The van der Waals surface area contributed by atoms with Crippen LogP contribution in [0.4, 0.5) is 0 Å². The zero-order valence-corrected chi connectivity index (χ0v) is 21.5. The number of fused-ring (bicyclic) bond motifs is 15. The molecule has 10 aromatic rings. The molecule has 2 N–H and O–H groups in total. The van der Waals surface area contributed by atoms with Crippen molar-refractivity contribution in [2.24, 2.45) is 0 Å². The molecule has 8 aromatic carbocycles. The van der Waals surface area contributed by atoms with Crippen molar-refractivity contribution in [3.63, 3.8) is 0 Å². The number of hydrogen-bond donors (Lipinski definition) is 2. The molecule has 2 heteroatoms. The molecular formula is C38H22N2. The molecule has 0 aliphatic carbocycles. The fraction of sp³-hybridized carbons (Fsp3) is 0. The summed E-state index contributed by atoms with van der Waals surface area (Å²) in [5.74, 6) is 0. The highest BCUT2D eigenvalue weighted by Crippen LogP contribution is 2.43. The molecule has 40 heavy (non-hydrogen) atoms. The van der Waals surface area contributed by atoms with E-state index in [1.165, 1.54) is 97.5 Å². The predicted molar refractivity (Wildman–Crippen MR) is 173 cm³/mol. The van der Waals surface area contributed by atoms with Gasteiger partial charge in [0.25, 0.3) is 0 Å². The van der Waals surface area contributed by atoms with Crippen LogP contribution in [0.5, 0.6) is 0 Å². The Balaban J connectivity index is 1.41. The van der Waals surface area contributed by atoms with Gasteiger partial charge in [0.1, 0.15) is 0 Å². The van der Waals surface area contributed by atoms with Gasteiger partial charge < -0.3 is 9.97 Å². The summed E-state index contributed by atoms with van der Waals surface area (Å²) in [6, 6.07) is 44.8. The first-order valence-corrected chi connectivity index (χ1v) is 13.9. The first-order valence-electron chi connectivity index (χ1n) is 13.9. The highest BCUT2D eigenvalue weighted by molar-refractivity contribution is 6.35. The fourth-order valence-electron chi connectivity index (χ4n) is 7.22. The van der Waals surface area contributed by atoms with Crippen LogP contribution in [-0.4, -0.2) is 9.97 Å². The maximum absolute atomic E-state index is 3.73. The van der Waals surface area contributed by atoms with Crippen molar-refractivity contribution in [3.8, 4) is 0 Å². The Morgan fingerprint density at radius 1 is 0.275 bits per heavy atom. The number of hydrogen-bond acceptors (Lipinski definition) is 0. The minimum Gasteiger partial charge on any atom is -0.354 e. The Morgan fingerprint density at radius 2 is 0.625 bits per heavy atom. The van der Waals surface area contributed by atoms with Crippen molar-refractivity contribution in [1.82, 2.24) is 9.97 Å². The third-order valence-corrected chi connectivity index (χ3v) is 9.01. The third-order valence-electron chi connectivity index (χ3n) is 9.01. The van der Waals surface area contributed by atoms with Gasteiger partial charge in [-0.05, 0) is 102 Å². The summed E-state index contributed by atoms with van der Waals surface area (Å²) < 4.78 is 0. The van der Waals surface area contributed by atoms with Gasteiger partial charge in [-0.25, -0.2) is 0 Å². The van der Waals surface area contributed by atoms with Gasteiger partial charge >= 0.3 is 0 Å². The molecule has 184 valence electrons. The topological polar surface area (TPSA) is 31.6 Å². The molecule has 0 saturated heterocycles. The number of nitrogens with one attached hydrogen (secondary N) is 2. The molecule has 0 amide bonds. The van der Waals surface area contributed by atoms with Gasteiger partial charge in [-0.2, -0.15) is 0 Å². The summed E-state index contributed by atoms with van der Waals surface area (Å²) in [6.07, 6.45) is 0. The predicted octanol–water partition coefficient (Wildman–Crippen LogP) is 10.7.